The Bertz CT molecular complexity index is 526. The van der Waals surface area contributed by atoms with Crippen LogP contribution < -0.4 is 10.1 Å². The predicted molar refractivity (Wildman–Crippen MR) is 74.7 cm³/mol. The van der Waals surface area contributed by atoms with Crippen LogP contribution in [0.3, 0.4) is 0 Å². The second kappa shape index (κ2) is 5.62. The molecule has 0 aromatic heterocycles. The monoisotopic (exact) mass is 301 g/mol. The van der Waals surface area contributed by atoms with Crippen LogP contribution in [0.1, 0.15) is 12.5 Å². The number of carbonyl (C=O) groups excluding carboxylic acids is 1. The Morgan fingerprint density at radius 2 is 2.32 bits per heavy atom. The number of ether oxygens (including phenoxy) is 1. The van der Waals surface area contributed by atoms with E-state index >= 15 is 0 Å². The van der Waals surface area contributed by atoms with Crippen molar-refractivity contribution >= 4 is 28.8 Å². The van der Waals surface area contributed by atoms with Gasteiger partial charge in [-0.15, -0.1) is 11.8 Å². The van der Waals surface area contributed by atoms with Gasteiger partial charge in [-0.1, -0.05) is 12.1 Å². The summed E-state index contributed by atoms with van der Waals surface area (Å²) in [6.45, 7) is 4.19. The first-order valence-corrected chi connectivity index (χ1v) is 7.85. The number of thioether (sulfide) groups is 1. The van der Waals surface area contributed by atoms with Crippen LogP contribution in [-0.4, -0.2) is 31.9 Å². The molecule has 7 heteroatoms. The molecule has 0 radical (unpaired) electrons. The predicted octanol–water partition coefficient (Wildman–Crippen LogP) is 1.53. The molecule has 1 fully saturated rings. The van der Waals surface area contributed by atoms with Gasteiger partial charge in [0.05, 0.1) is 0 Å². The van der Waals surface area contributed by atoms with E-state index in [1.165, 1.54) is 17.8 Å². The summed E-state index contributed by atoms with van der Waals surface area (Å²) in [5, 5.41) is 3.07. The first-order valence-electron chi connectivity index (χ1n) is 5.76. The van der Waals surface area contributed by atoms with Crippen molar-refractivity contribution in [3.63, 3.8) is 0 Å². The molecule has 1 aliphatic rings. The summed E-state index contributed by atoms with van der Waals surface area (Å²) in [6, 6.07) is 4.91. The number of benzene rings is 1. The molecule has 2 unspecified atom stereocenters. The molecule has 1 aromatic carbocycles. The van der Waals surface area contributed by atoms with Crippen LogP contribution in [0.15, 0.2) is 23.1 Å². The van der Waals surface area contributed by atoms with E-state index in [2.05, 4.69) is 5.32 Å². The fourth-order valence-electron chi connectivity index (χ4n) is 1.85. The fraction of sp³-hybridized carbons (Fsp3) is 0.417. The topological polar surface area (TPSA) is 75.6 Å². The van der Waals surface area contributed by atoms with E-state index in [-0.39, 0.29) is 10.6 Å². The normalized spacial score (nSPS) is 24.2. The van der Waals surface area contributed by atoms with Crippen molar-refractivity contribution in [3.05, 3.63) is 23.8 Å². The molecule has 1 saturated heterocycles. The van der Waals surface area contributed by atoms with Gasteiger partial charge in [0.1, 0.15) is 10.6 Å². The first-order chi connectivity index (χ1) is 8.94. The van der Waals surface area contributed by atoms with E-state index in [1.807, 2.05) is 0 Å². The van der Waals surface area contributed by atoms with Crippen LogP contribution in [0.4, 0.5) is 0 Å². The molecular formula is C12H15NO4S2. The third-order valence-electron chi connectivity index (χ3n) is 2.90. The molecule has 2 N–H and O–H groups in total. The van der Waals surface area contributed by atoms with Gasteiger partial charge in [-0.3, -0.25) is 5.32 Å². The van der Waals surface area contributed by atoms with Crippen LogP contribution in [0.2, 0.25) is 0 Å². The number of rotatable bonds is 3. The van der Waals surface area contributed by atoms with Gasteiger partial charge in [0.15, 0.2) is 16.0 Å². The Kier molecular flexibility index (Phi) is 4.29. The van der Waals surface area contributed by atoms with Crippen molar-refractivity contribution in [2.24, 2.45) is 0 Å². The quantitative estimate of drug-likeness (QED) is 0.501. The maximum Gasteiger partial charge on any atom is 0.342 e. The van der Waals surface area contributed by atoms with Crippen molar-refractivity contribution in [2.75, 3.05) is 12.3 Å². The van der Waals surface area contributed by atoms with Gasteiger partial charge in [-0.25, -0.2) is 9.00 Å². The van der Waals surface area contributed by atoms with E-state index in [0.29, 0.717) is 5.56 Å². The third kappa shape index (κ3) is 3.00. The van der Waals surface area contributed by atoms with Crippen LogP contribution in [-0.2, 0) is 15.9 Å². The molecule has 2 rings (SSSR count). The largest absolute Gasteiger partial charge is 0.423 e. The lowest BCUT2D eigenvalue weighted by molar-refractivity contribution is -0.137. The SMILES string of the molecule is Cc1cccc(OC(=O)C2(C)NCCS2)c1S(=O)O. The summed E-state index contributed by atoms with van der Waals surface area (Å²) in [4.78, 5) is 11.5. The minimum Gasteiger partial charge on any atom is -0.423 e. The Labute approximate surface area is 118 Å². The minimum absolute atomic E-state index is 0.140. The van der Waals surface area contributed by atoms with Gasteiger partial charge in [0.2, 0.25) is 0 Å². The van der Waals surface area contributed by atoms with Gasteiger partial charge in [-0.2, -0.15) is 0 Å². The summed E-state index contributed by atoms with van der Waals surface area (Å²) in [5.74, 6) is 0.520. The highest BCUT2D eigenvalue weighted by molar-refractivity contribution is 8.01. The second-order valence-electron chi connectivity index (χ2n) is 4.35. The van der Waals surface area contributed by atoms with Crippen LogP contribution >= 0.6 is 11.8 Å². The molecule has 1 heterocycles. The number of aryl methyl sites for hydroxylation is 1. The van der Waals surface area contributed by atoms with Crippen LogP contribution in [0.5, 0.6) is 5.75 Å². The van der Waals surface area contributed by atoms with Crippen molar-refractivity contribution < 1.29 is 18.3 Å². The van der Waals surface area contributed by atoms with Crippen LogP contribution in [0, 0.1) is 6.92 Å². The van der Waals surface area contributed by atoms with E-state index in [0.717, 1.165) is 12.3 Å². The lowest BCUT2D eigenvalue weighted by Crippen LogP contribution is -2.44. The number of carbonyl (C=O) groups is 1. The molecule has 0 amide bonds. The first kappa shape index (κ1) is 14.5. The lowest BCUT2D eigenvalue weighted by Gasteiger charge is -2.21. The van der Waals surface area contributed by atoms with Crippen molar-refractivity contribution in [2.45, 2.75) is 23.6 Å². The van der Waals surface area contributed by atoms with Gasteiger partial charge >= 0.3 is 5.97 Å². The molecular weight excluding hydrogens is 286 g/mol. The summed E-state index contributed by atoms with van der Waals surface area (Å²) < 4.78 is 25.9. The highest BCUT2D eigenvalue weighted by Gasteiger charge is 2.39. The van der Waals surface area contributed by atoms with Gasteiger partial charge in [-0.05, 0) is 25.5 Å². The molecule has 0 bridgehead atoms. The van der Waals surface area contributed by atoms with E-state index in [4.69, 9.17) is 4.74 Å². The van der Waals surface area contributed by atoms with Crippen molar-refractivity contribution in [1.82, 2.24) is 5.32 Å². The molecule has 19 heavy (non-hydrogen) atoms. The molecule has 1 aliphatic heterocycles. The smallest absolute Gasteiger partial charge is 0.342 e. The zero-order chi connectivity index (χ0) is 14.0. The zero-order valence-corrected chi connectivity index (χ0v) is 12.3. The van der Waals surface area contributed by atoms with Crippen molar-refractivity contribution in [1.29, 1.82) is 0 Å². The molecule has 0 spiro atoms. The van der Waals surface area contributed by atoms with E-state index in [9.17, 15) is 13.6 Å². The number of hydrogen-bond donors (Lipinski definition) is 2. The second-order valence-corrected chi connectivity index (χ2v) is 6.77. The molecule has 104 valence electrons. The third-order valence-corrected chi connectivity index (χ3v) is 5.07. The molecule has 0 saturated carbocycles. The van der Waals surface area contributed by atoms with Gasteiger partial charge < -0.3 is 9.29 Å². The summed E-state index contributed by atoms with van der Waals surface area (Å²) in [5.41, 5.74) is 0.614. The highest BCUT2D eigenvalue weighted by Crippen LogP contribution is 2.31. The minimum atomic E-state index is -2.19. The van der Waals surface area contributed by atoms with Crippen LogP contribution in [0.25, 0.3) is 0 Å². The standard InChI is InChI=1S/C12H15NO4S2/c1-8-4-3-5-9(10(8)19(15)16)17-11(14)12(2)13-6-7-18-12/h3-5,13H,6-7H2,1-2H3,(H,15,16). The van der Waals surface area contributed by atoms with E-state index < -0.39 is 21.9 Å². The molecule has 2 atom stereocenters. The molecule has 1 aromatic rings. The van der Waals surface area contributed by atoms with E-state index in [1.54, 1.807) is 26.0 Å². The number of hydrogen-bond acceptors (Lipinski definition) is 5. The average Bonchev–Trinajstić information content (AvgIpc) is 2.77. The van der Waals surface area contributed by atoms with Crippen molar-refractivity contribution in [3.8, 4) is 5.75 Å². The zero-order valence-electron chi connectivity index (χ0n) is 10.6. The summed E-state index contributed by atoms with van der Waals surface area (Å²) in [6.07, 6.45) is 0. The maximum absolute atomic E-state index is 12.1. The summed E-state index contributed by atoms with van der Waals surface area (Å²) >= 11 is -0.722. The van der Waals surface area contributed by atoms with Gasteiger partial charge in [0, 0.05) is 12.3 Å². The Balaban J connectivity index is 2.26. The average molecular weight is 301 g/mol. The number of nitrogens with one attached hydrogen (secondary N) is 1. The maximum atomic E-state index is 12.1. The number of esters is 1. The Morgan fingerprint density at radius 3 is 2.89 bits per heavy atom. The highest BCUT2D eigenvalue weighted by atomic mass is 32.2. The Hall–Kier alpha value is -0.890. The fourth-order valence-corrected chi connectivity index (χ4v) is 3.46. The Morgan fingerprint density at radius 1 is 1.58 bits per heavy atom. The molecule has 5 nitrogen and oxygen atoms in total. The summed E-state index contributed by atoms with van der Waals surface area (Å²) in [7, 11) is 0. The van der Waals surface area contributed by atoms with Gasteiger partial charge in [0.25, 0.3) is 0 Å². The lowest BCUT2D eigenvalue weighted by atomic mass is 10.2. The molecule has 0 aliphatic carbocycles.